The van der Waals surface area contributed by atoms with Crippen molar-refractivity contribution in [2.45, 2.75) is 24.9 Å². The van der Waals surface area contributed by atoms with Crippen molar-refractivity contribution >= 4 is 17.3 Å². The molecule has 1 unspecified atom stereocenters. The fourth-order valence-electron chi connectivity index (χ4n) is 3.11. The zero-order chi connectivity index (χ0) is 14.3. The SMILES string of the molecule is CN(C)C1CCN(c2ccc3c(c2)NC(=O)C3N)CC1. The van der Waals surface area contributed by atoms with Crippen LogP contribution in [0.2, 0.25) is 0 Å². The molecule has 0 spiro atoms. The third-order valence-corrected chi connectivity index (χ3v) is 4.47. The molecule has 0 saturated carbocycles. The summed E-state index contributed by atoms with van der Waals surface area (Å²) in [6.07, 6.45) is 2.35. The van der Waals surface area contributed by atoms with E-state index in [0.717, 1.165) is 24.3 Å². The lowest BCUT2D eigenvalue weighted by Crippen LogP contribution is -2.41. The predicted molar refractivity (Wildman–Crippen MR) is 80.9 cm³/mol. The van der Waals surface area contributed by atoms with Gasteiger partial charge in [-0.05, 0) is 39.1 Å². The Morgan fingerprint density at radius 2 is 2.00 bits per heavy atom. The maximum atomic E-state index is 11.6. The molecule has 0 aromatic heterocycles. The highest BCUT2D eigenvalue weighted by molar-refractivity contribution is 6.02. The number of carbonyl (C=O) groups excluding carboxylic acids is 1. The maximum Gasteiger partial charge on any atom is 0.245 e. The lowest BCUT2D eigenvalue weighted by atomic mass is 10.0. The molecule has 2 aliphatic heterocycles. The van der Waals surface area contributed by atoms with E-state index in [1.165, 1.54) is 18.5 Å². The third kappa shape index (κ3) is 2.27. The van der Waals surface area contributed by atoms with Crippen LogP contribution in [-0.2, 0) is 4.79 Å². The number of piperidine rings is 1. The highest BCUT2D eigenvalue weighted by Gasteiger charge is 2.28. The minimum atomic E-state index is -0.515. The molecule has 1 aromatic rings. The van der Waals surface area contributed by atoms with E-state index >= 15 is 0 Å². The van der Waals surface area contributed by atoms with Crippen LogP contribution in [0.25, 0.3) is 0 Å². The lowest BCUT2D eigenvalue weighted by Gasteiger charge is -2.36. The van der Waals surface area contributed by atoms with E-state index < -0.39 is 6.04 Å². The van der Waals surface area contributed by atoms with Gasteiger partial charge in [0.2, 0.25) is 5.91 Å². The number of hydrogen-bond acceptors (Lipinski definition) is 4. The van der Waals surface area contributed by atoms with Crippen molar-refractivity contribution in [3.63, 3.8) is 0 Å². The normalized spacial score (nSPS) is 23.1. The summed E-state index contributed by atoms with van der Waals surface area (Å²) >= 11 is 0. The van der Waals surface area contributed by atoms with Crippen LogP contribution in [0.5, 0.6) is 0 Å². The first kappa shape index (κ1) is 13.4. The highest BCUT2D eigenvalue weighted by atomic mass is 16.2. The van der Waals surface area contributed by atoms with E-state index in [0.29, 0.717) is 6.04 Å². The second-order valence-electron chi connectivity index (χ2n) is 5.92. The molecule has 1 aromatic carbocycles. The summed E-state index contributed by atoms with van der Waals surface area (Å²) in [5, 5.41) is 2.85. The Morgan fingerprint density at radius 1 is 1.30 bits per heavy atom. The topological polar surface area (TPSA) is 61.6 Å². The van der Waals surface area contributed by atoms with Crippen molar-refractivity contribution < 1.29 is 4.79 Å². The summed E-state index contributed by atoms with van der Waals surface area (Å²) in [5.74, 6) is -0.108. The van der Waals surface area contributed by atoms with Crippen LogP contribution in [0, 0.1) is 0 Å². The number of carbonyl (C=O) groups is 1. The van der Waals surface area contributed by atoms with Gasteiger partial charge in [-0.1, -0.05) is 6.07 Å². The van der Waals surface area contributed by atoms with Crippen molar-refractivity contribution in [3.05, 3.63) is 23.8 Å². The summed E-state index contributed by atoms with van der Waals surface area (Å²) < 4.78 is 0. The number of hydrogen-bond donors (Lipinski definition) is 2. The molecule has 1 atom stereocenters. The van der Waals surface area contributed by atoms with Gasteiger partial charge in [-0.25, -0.2) is 0 Å². The monoisotopic (exact) mass is 274 g/mol. The molecule has 5 heteroatoms. The molecule has 1 fully saturated rings. The molecule has 0 radical (unpaired) electrons. The molecule has 2 aliphatic rings. The predicted octanol–water partition coefficient (Wildman–Crippen LogP) is 1.17. The smallest absolute Gasteiger partial charge is 0.245 e. The molecule has 1 amide bonds. The summed E-state index contributed by atoms with van der Waals surface area (Å²) in [5.41, 5.74) is 8.79. The lowest BCUT2D eigenvalue weighted by molar-refractivity contribution is -0.116. The minimum Gasteiger partial charge on any atom is -0.371 e. The quantitative estimate of drug-likeness (QED) is 0.850. The number of benzene rings is 1. The Bertz CT molecular complexity index is 521. The van der Waals surface area contributed by atoms with Gasteiger partial charge in [0.25, 0.3) is 0 Å². The first-order chi connectivity index (χ1) is 9.56. The van der Waals surface area contributed by atoms with Gasteiger partial charge in [0, 0.05) is 36.1 Å². The molecule has 3 N–H and O–H groups in total. The van der Waals surface area contributed by atoms with E-state index in [-0.39, 0.29) is 5.91 Å². The van der Waals surface area contributed by atoms with Crippen LogP contribution in [0.4, 0.5) is 11.4 Å². The summed E-state index contributed by atoms with van der Waals surface area (Å²) in [4.78, 5) is 16.3. The molecule has 0 aliphatic carbocycles. The van der Waals surface area contributed by atoms with Crippen LogP contribution < -0.4 is 16.0 Å². The van der Waals surface area contributed by atoms with Gasteiger partial charge in [0.05, 0.1) is 0 Å². The van der Waals surface area contributed by atoms with Gasteiger partial charge in [0.15, 0.2) is 0 Å². The molecular weight excluding hydrogens is 252 g/mol. The van der Waals surface area contributed by atoms with Crippen molar-refractivity contribution in [2.75, 3.05) is 37.4 Å². The molecular formula is C15H22N4O. The number of amides is 1. The van der Waals surface area contributed by atoms with Gasteiger partial charge >= 0.3 is 0 Å². The Balaban J connectivity index is 1.74. The second-order valence-corrected chi connectivity index (χ2v) is 5.92. The van der Waals surface area contributed by atoms with Crippen LogP contribution >= 0.6 is 0 Å². The number of fused-ring (bicyclic) bond motifs is 1. The molecule has 2 heterocycles. The van der Waals surface area contributed by atoms with E-state index in [1.54, 1.807) is 0 Å². The molecule has 108 valence electrons. The highest BCUT2D eigenvalue weighted by Crippen LogP contribution is 2.33. The first-order valence-electron chi connectivity index (χ1n) is 7.18. The minimum absolute atomic E-state index is 0.108. The van der Waals surface area contributed by atoms with Gasteiger partial charge in [0.1, 0.15) is 6.04 Å². The molecule has 0 bridgehead atoms. The molecule has 20 heavy (non-hydrogen) atoms. The molecule has 3 rings (SSSR count). The number of anilines is 2. The second kappa shape index (κ2) is 5.07. The van der Waals surface area contributed by atoms with Gasteiger partial charge < -0.3 is 20.9 Å². The van der Waals surface area contributed by atoms with Gasteiger partial charge in [-0.2, -0.15) is 0 Å². The fraction of sp³-hybridized carbons (Fsp3) is 0.533. The van der Waals surface area contributed by atoms with Gasteiger partial charge in [-0.15, -0.1) is 0 Å². The third-order valence-electron chi connectivity index (χ3n) is 4.47. The Morgan fingerprint density at radius 3 is 2.65 bits per heavy atom. The van der Waals surface area contributed by atoms with Crippen LogP contribution in [-0.4, -0.2) is 44.0 Å². The average molecular weight is 274 g/mol. The summed E-state index contributed by atoms with van der Waals surface area (Å²) in [6, 6.07) is 6.27. The Kier molecular flexibility index (Phi) is 3.40. The van der Waals surface area contributed by atoms with E-state index in [2.05, 4.69) is 41.3 Å². The zero-order valence-electron chi connectivity index (χ0n) is 12.1. The number of nitrogens with one attached hydrogen (secondary N) is 1. The number of nitrogens with zero attached hydrogens (tertiary/aromatic N) is 2. The fourth-order valence-corrected chi connectivity index (χ4v) is 3.11. The van der Waals surface area contributed by atoms with E-state index in [9.17, 15) is 4.79 Å². The van der Waals surface area contributed by atoms with Crippen LogP contribution in [0.15, 0.2) is 18.2 Å². The molecule has 1 saturated heterocycles. The Labute approximate surface area is 119 Å². The van der Waals surface area contributed by atoms with Crippen LogP contribution in [0.3, 0.4) is 0 Å². The van der Waals surface area contributed by atoms with E-state index in [1.807, 2.05) is 6.07 Å². The average Bonchev–Trinajstić information content (AvgIpc) is 2.74. The summed E-state index contributed by atoms with van der Waals surface area (Å²) in [6.45, 7) is 2.11. The van der Waals surface area contributed by atoms with Crippen molar-refractivity contribution in [1.82, 2.24) is 4.90 Å². The van der Waals surface area contributed by atoms with Gasteiger partial charge in [-0.3, -0.25) is 4.79 Å². The largest absolute Gasteiger partial charge is 0.371 e. The molecule has 5 nitrogen and oxygen atoms in total. The van der Waals surface area contributed by atoms with Crippen LogP contribution in [0.1, 0.15) is 24.4 Å². The first-order valence-corrected chi connectivity index (χ1v) is 7.18. The van der Waals surface area contributed by atoms with Crippen molar-refractivity contribution in [3.8, 4) is 0 Å². The Hall–Kier alpha value is -1.59. The number of nitrogens with two attached hydrogens (primary N) is 1. The van der Waals surface area contributed by atoms with E-state index in [4.69, 9.17) is 5.73 Å². The van der Waals surface area contributed by atoms with Crippen molar-refractivity contribution in [2.24, 2.45) is 5.73 Å². The number of rotatable bonds is 2. The zero-order valence-corrected chi connectivity index (χ0v) is 12.1. The van der Waals surface area contributed by atoms with Crippen molar-refractivity contribution in [1.29, 1.82) is 0 Å². The summed E-state index contributed by atoms with van der Waals surface area (Å²) in [7, 11) is 4.29. The standard InChI is InChI=1S/C15H22N4O/c1-18(2)10-5-7-19(8-6-10)11-3-4-12-13(9-11)17-15(20)14(12)16/h3-4,9-10,14H,5-8,16H2,1-2H3,(H,17,20). The maximum absolute atomic E-state index is 11.6.